The minimum atomic E-state index is 0.313. The first kappa shape index (κ1) is 7.60. The van der Waals surface area contributed by atoms with Gasteiger partial charge in [0.05, 0.1) is 0 Å². The van der Waals surface area contributed by atoms with Gasteiger partial charge in [-0.15, -0.1) is 0 Å². The second-order valence-electron chi connectivity index (χ2n) is 4.29. The van der Waals surface area contributed by atoms with Crippen LogP contribution in [0, 0.1) is 5.41 Å². The summed E-state index contributed by atoms with van der Waals surface area (Å²) in [5.74, 6) is 0. The molecule has 0 aromatic rings. The van der Waals surface area contributed by atoms with Gasteiger partial charge in [0.25, 0.3) is 0 Å². The first-order chi connectivity index (χ1) is 5.58. The molecule has 0 atom stereocenters. The SMILES string of the molecule is C=C1C=CC2=C1CC(C)(C)C=C2. The highest BCUT2D eigenvalue weighted by Gasteiger charge is 2.24. The van der Waals surface area contributed by atoms with Crippen molar-refractivity contribution in [3.05, 3.63) is 47.6 Å². The summed E-state index contributed by atoms with van der Waals surface area (Å²) in [6.07, 6.45) is 9.90. The van der Waals surface area contributed by atoms with E-state index < -0.39 is 0 Å². The Morgan fingerprint density at radius 3 is 2.75 bits per heavy atom. The standard InChI is InChI=1S/C12H14/c1-9-4-5-10-6-7-12(2,3)8-11(9)10/h4-7H,1,8H2,2-3H3. The second-order valence-corrected chi connectivity index (χ2v) is 4.29. The normalized spacial score (nSPS) is 25.0. The van der Waals surface area contributed by atoms with Crippen LogP contribution in [0.25, 0.3) is 0 Å². The van der Waals surface area contributed by atoms with Crippen LogP contribution in [0.3, 0.4) is 0 Å². The van der Waals surface area contributed by atoms with Crippen LogP contribution in [0.15, 0.2) is 47.6 Å². The molecule has 0 saturated carbocycles. The summed E-state index contributed by atoms with van der Waals surface area (Å²) in [6.45, 7) is 8.55. The summed E-state index contributed by atoms with van der Waals surface area (Å²) >= 11 is 0. The quantitative estimate of drug-likeness (QED) is 0.507. The van der Waals surface area contributed by atoms with E-state index in [4.69, 9.17) is 0 Å². The molecule has 0 radical (unpaired) electrons. The Kier molecular flexibility index (Phi) is 1.41. The molecule has 0 N–H and O–H groups in total. The van der Waals surface area contributed by atoms with Crippen LogP contribution in [0.4, 0.5) is 0 Å². The van der Waals surface area contributed by atoms with E-state index in [0.29, 0.717) is 5.41 Å². The number of allylic oxidation sites excluding steroid dienone is 7. The summed E-state index contributed by atoms with van der Waals surface area (Å²) in [4.78, 5) is 0. The molecule has 0 spiro atoms. The van der Waals surface area contributed by atoms with Gasteiger partial charge in [-0.3, -0.25) is 0 Å². The minimum Gasteiger partial charge on any atom is -0.0915 e. The smallest absolute Gasteiger partial charge is 0.0131 e. The number of hydrogen-bond acceptors (Lipinski definition) is 0. The average Bonchev–Trinajstić information content (AvgIpc) is 2.31. The van der Waals surface area contributed by atoms with E-state index in [9.17, 15) is 0 Å². The fourth-order valence-corrected chi connectivity index (χ4v) is 1.78. The Hall–Kier alpha value is -1.04. The second kappa shape index (κ2) is 2.22. The van der Waals surface area contributed by atoms with E-state index >= 15 is 0 Å². The van der Waals surface area contributed by atoms with Crippen molar-refractivity contribution in [2.75, 3.05) is 0 Å². The molecular formula is C12H14. The highest BCUT2D eigenvalue weighted by Crippen LogP contribution is 2.39. The van der Waals surface area contributed by atoms with Crippen molar-refractivity contribution in [1.29, 1.82) is 0 Å². The van der Waals surface area contributed by atoms with Gasteiger partial charge in [-0.25, -0.2) is 0 Å². The van der Waals surface area contributed by atoms with Gasteiger partial charge in [0.1, 0.15) is 0 Å². The zero-order chi connectivity index (χ0) is 8.77. The fourth-order valence-electron chi connectivity index (χ4n) is 1.78. The summed E-state index contributed by atoms with van der Waals surface area (Å²) in [5, 5.41) is 0. The van der Waals surface area contributed by atoms with E-state index in [0.717, 1.165) is 6.42 Å². The van der Waals surface area contributed by atoms with Gasteiger partial charge < -0.3 is 0 Å². The van der Waals surface area contributed by atoms with E-state index in [2.05, 4.69) is 44.7 Å². The molecule has 0 bridgehead atoms. The van der Waals surface area contributed by atoms with Crippen LogP contribution in [0.2, 0.25) is 0 Å². The van der Waals surface area contributed by atoms with Crippen LogP contribution in [-0.2, 0) is 0 Å². The maximum atomic E-state index is 4.03. The Labute approximate surface area is 74.0 Å². The maximum Gasteiger partial charge on any atom is -0.0131 e. The van der Waals surface area contributed by atoms with Gasteiger partial charge in [0, 0.05) is 0 Å². The molecule has 2 rings (SSSR count). The third-order valence-corrected chi connectivity index (χ3v) is 2.55. The fraction of sp³-hybridized carbons (Fsp3) is 0.333. The maximum absolute atomic E-state index is 4.03. The Balaban J connectivity index is 2.39. The predicted molar refractivity (Wildman–Crippen MR) is 52.8 cm³/mol. The van der Waals surface area contributed by atoms with E-state index in [-0.39, 0.29) is 0 Å². The summed E-state index contributed by atoms with van der Waals surface area (Å²) in [7, 11) is 0. The van der Waals surface area contributed by atoms with Crippen LogP contribution >= 0.6 is 0 Å². The first-order valence-electron chi connectivity index (χ1n) is 4.38. The predicted octanol–water partition coefficient (Wildman–Crippen LogP) is 3.40. The average molecular weight is 158 g/mol. The van der Waals surface area contributed by atoms with Crippen LogP contribution < -0.4 is 0 Å². The van der Waals surface area contributed by atoms with Crippen molar-refractivity contribution in [2.45, 2.75) is 20.3 Å². The molecule has 62 valence electrons. The Bertz CT molecular complexity index is 322. The van der Waals surface area contributed by atoms with Gasteiger partial charge >= 0.3 is 0 Å². The van der Waals surface area contributed by atoms with E-state index in [1.807, 2.05) is 0 Å². The van der Waals surface area contributed by atoms with Gasteiger partial charge in [0.15, 0.2) is 0 Å². The molecule has 0 amide bonds. The van der Waals surface area contributed by atoms with Crippen molar-refractivity contribution in [1.82, 2.24) is 0 Å². The summed E-state index contributed by atoms with van der Waals surface area (Å²) < 4.78 is 0. The molecule has 0 heterocycles. The zero-order valence-corrected chi connectivity index (χ0v) is 7.72. The lowest BCUT2D eigenvalue weighted by Crippen LogP contribution is -2.12. The topological polar surface area (TPSA) is 0 Å². The van der Waals surface area contributed by atoms with Crippen molar-refractivity contribution in [3.8, 4) is 0 Å². The Morgan fingerprint density at radius 2 is 2.00 bits per heavy atom. The van der Waals surface area contributed by atoms with Gasteiger partial charge in [-0.2, -0.15) is 0 Å². The molecule has 0 heteroatoms. The molecule has 0 aliphatic heterocycles. The molecule has 2 aliphatic rings. The van der Waals surface area contributed by atoms with Crippen molar-refractivity contribution >= 4 is 0 Å². The van der Waals surface area contributed by atoms with Crippen LogP contribution in [-0.4, -0.2) is 0 Å². The number of hydrogen-bond donors (Lipinski definition) is 0. The zero-order valence-electron chi connectivity index (χ0n) is 7.72. The van der Waals surface area contributed by atoms with Gasteiger partial charge in [-0.05, 0) is 28.6 Å². The minimum absolute atomic E-state index is 0.313. The van der Waals surface area contributed by atoms with Crippen molar-refractivity contribution < 1.29 is 0 Å². The lowest BCUT2D eigenvalue weighted by Gasteiger charge is -2.25. The molecule has 0 saturated heterocycles. The van der Waals surface area contributed by atoms with Crippen molar-refractivity contribution in [2.24, 2.45) is 5.41 Å². The highest BCUT2D eigenvalue weighted by atomic mass is 14.3. The number of rotatable bonds is 0. The molecule has 0 unspecified atom stereocenters. The molecule has 0 fully saturated rings. The molecule has 0 nitrogen and oxygen atoms in total. The first-order valence-corrected chi connectivity index (χ1v) is 4.38. The third kappa shape index (κ3) is 1.08. The van der Waals surface area contributed by atoms with Crippen molar-refractivity contribution in [3.63, 3.8) is 0 Å². The summed E-state index contributed by atoms with van der Waals surface area (Å²) in [5.41, 5.74) is 4.30. The molecule has 0 aromatic carbocycles. The molecule has 0 aromatic heterocycles. The Morgan fingerprint density at radius 1 is 1.25 bits per heavy atom. The van der Waals surface area contributed by atoms with Gasteiger partial charge in [0.2, 0.25) is 0 Å². The summed E-state index contributed by atoms with van der Waals surface area (Å²) in [6, 6.07) is 0. The molecule has 2 aliphatic carbocycles. The monoisotopic (exact) mass is 158 g/mol. The van der Waals surface area contributed by atoms with Crippen LogP contribution in [0.1, 0.15) is 20.3 Å². The lowest BCUT2D eigenvalue weighted by molar-refractivity contribution is 0.472. The van der Waals surface area contributed by atoms with E-state index in [1.165, 1.54) is 16.7 Å². The molecule has 12 heavy (non-hydrogen) atoms. The van der Waals surface area contributed by atoms with E-state index in [1.54, 1.807) is 0 Å². The van der Waals surface area contributed by atoms with Crippen LogP contribution in [0.5, 0.6) is 0 Å². The van der Waals surface area contributed by atoms with Gasteiger partial charge in [-0.1, -0.05) is 44.7 Å². The third-order valence-electron chi connectivity index (χ3n) is 2.55. The molecular weight excluding hydrogens is 144 g/mol. The highest BCUT2D eigenvalue weighted by molar-refractivity contribution is 5.58. The largest absolute Gasteiger partial charge is 0.0915 e. The lowest BCUT2D eigenvalue weighted by atomic mass is 9.79.